The lowest BCUT2D eigenvalue weighted by Gasteiger charge is -2.20. The predicted molar refractivity (Wildman–Crippen MR) is 67.2 cm³/mol. The monoisotopic (exact) mass is 261 g/mol. The van der Waals surface area contributed by atoms with Gasteiger partial charge in [0, 0.05) is 12.6 Å². The van der Waals surface area contributed by atoms with Crippen LogP contribution in [0.15, 0.2) is 0 Å². The van der Waals surface area contributed by atoms with E-state index in [0.717, 1.165) is 12.8 Å². The van der Waals surface area contributed by atoms with E-state index < -0.39 is 10.0 Å². The van der Waals surface area contributed by atoms with Gasteiger partial charge in [-0.2, -0.15) is 0 Å². The Morgan fingerprint density at radius 1 is 1.47 bits per heavy atom. The van der Waals surface area contributed by atoms with Crippen LogP contribution in [0.2, 0.25) is 0 Å². The molecule has 17 heavy (non-hydrogen) atoms. The maximum Gasteiger partial charge on any atom is 0.217 e. The minimum absolute atomic E-state index is 0.0931. The summed E-state index contributed by atoms with van der Waals surface area (Å²) in [4.78, 5) is 0. The second-order valence-corrected chi connectivity index (χ2v) is 7.95. The van der Waals surface area contributed by atoms with Crippen molar-refractivity contribution >= 4 is 10.0 Å². The van der Waals surface area contributed by atoms with E-state index in [9.17, 15) is 8.42 Å². The lowest BCUT2D eigenvalue weighted by atomic mass is 10.0. The lowest BCUT2D eigenvalue weighted by Crippen LogP contribution is -2.42. The molecule has 3 unspecified atom stereocenters. The molecule has 1 N–H and O–H groups in total. The molecular formula is C12H23NO3S. The van der Waals surface area contributed by atoms with E-state index in [0.29, 0.717) is 31.0 Å². The number of hydrogen-bond donors (Lipinski definition) is 1. The van der Waals surface area contributed by atoms with Crippen LogP contribution in [0.4, 0.5) is 0 Å². The molecule has 1 saturated carbocycles. The molecule has 0 amide bonds. The van der Waals surface area contributed by atoms with Gasteiger partial charge in [0.05, 0.1) is 6.61 Å². The summed E-state index contributed by atoms with van der Waals surface area (Å²) in [6, 6.07) is 0.0931. The zero-order valence-corrected chi connectivity index (χ0v) is 11.7. The largest absolute Gasteiger partial charge is 0.380 e. The maximum atomic E-state index is 12.2. The Morgan fingerprint density at radius 3 is 2.53 bits per heavy atom. The molecule has 0 bridgehead atoms. The molecule has 2 fully saturated rings. The number of hydrogen-bond acceptors (Lipinski definition) is 3. The van der Waals surface area contributed by atoms with Crippen molar-refractivity contribution in [3.63, 3.8) is 0 Å². The summed E-state index contributed by atoms with van der Waals surface area (Å²) in [6.45, 7) is 7.37. The van der Waals surface area contributed by atoms with Crippen LogP contribution < -0.4 is 4.72 Å². The van der Waals surface area contributed by atoms with Gasteiger partial charge in [-0.25, -0.2) is 13.1 Å². The number of sulfonamides is 1. The fourth-order valence-electron chi connectivity index (χ4n) is 2.71. The molecule has 5 heteroatoms. The topological polar surface area (TPSA) is 55.4 Å². The minimum Gasteiger partial charge on any atom is -0.380 e. The molecule has 2 rings (SSSR count). The van der Waals surface area contributed by atoms with Crippen molar-refractivity contribution in [1.82, 2.24) is 4.72 Å². The molecule has 0 aromatic heterocycles. The molecule has 0 spiro atoms. The Balaban J connectivity index is 1.98. The zero-order valence-electron chi connectivity index (χ0n) is 10.9. The van der Waals surface area contributed by atoms with E-state index in [2.05, 4.69) is 18.6 Å². The van der Waals surface area contributed by atoms with Gasteiger partial charge in [0.15, 0.2) is 0 Å². The van der Waals surface area contributed by atoms with Gasteiger partial charge in [-0.15, -0.1) is 0 Å². The molecule has 100 valence electrons. The molecule has 1 aliphatic heterocycles. The van der Waals surface area contributed by atoms with Gasteiger partial charge < -0.3 is 4.74 Å². The van der Waals surface area contributed by atoms with E-state index >= 15 is 0 Å². The summed E-state index contributed by atoms with van der Waals surface area (Å²) >= 11 is 0. The third-order valence-corrected chi connectivity index (χ3v) is 6.04. The van der Waals surface area contributed by atoms with Gasteiger partial charge in [0.1, 0.15) is 5.25 Å². The number of ether oxygens (including phenoxy) is 1. The third kappa shape index (κ3) is 2.83. The third-order valence-electron chi connectivity index (χ3n) is 4.16. The quantitative estimate of drug-likeness (QED) is 0.816. The van der Waals surface area contributed by atoms with Crippen LogP contribution in [0.1, 0.15) is 40.0 Å². The first-order chi connectivity index (χ1) is 7.87. The Bertz CT molecular complexity index is 371. The normalized spacial score (nSPS) is 33.6. The average Bonchev–Trinajstić information content (AvgIpc) is 2.73. The van der Waals surface area contributed by atoms with Gasteiger partial charge in [-0.3, -0.25) is 0 Å². The Labute approximate surface area is 104 Å². The Hall–Kier alpha value is -0.130. The van der Waals surface area contributed by atoms with E-state index in [1.165, 1.54) is 0 Å². The van der Waals surface area contributed by atoms with E-state index in [-0.39, 0.29) is 11.3 Å². The summed E-state index contributed by atoms with van der Waals surface area (Å²) in [7, 11) is -3.20. The van der Waals surface area contributed by atoms with Crippen molar-refractivity contribution in [2.75, 3.05) is 13.2 Å². The highest BCUT2D eigenvalue weighted by atomic mass is 32.2. The smallest absolute Gasteiger partial charge is 0.217 e. The van der Waals surface area contributed by atoms with E-state index in [1.54, 1.807) is 0 Å². The number of nitrogens with one attached hydrogen (secondary N) is 1. The highest BCUT2D eigenvalue weighted by Gasteiger charge is 2.50. The summed E-state index contributed by atoms with van der Waals surface area (Å²) in [5.74, 6) is 0.490. The minimum atomic E-state index is -3.20. The van der Waals surface area contributed by atoms with Crippen molar-refractivity contribution in [3.8, 4) is 0 Å². The highest BCUT2D eigenvalue weighted by molar-refractivity contribution is 7.90. The fraction of sp³-hybridized carbons (Fsp3) is 1.00. The van der Waals surface area contributed by atoms with Gasteiger partial charge >= 0.3 is 0 Å². The van der Waals surface area contributed by atoms with Crippen molar-refractivity contribution < 1.29 is 13.2 Å². The van der Waals surface area contributed by atoms with E-state index in [4.69, 9.17) is 4.74 Å². The molecule has 0 aromatic rings. The van der Waals surface area contributed by atoms with Gasteiger partial charge in [0.2, 0.25) is 10.0 Å². The van der Waals surface area contributed by atoms with Crippen LogP contribution in [0.3, 0.4) is 0 Å². The van der Waals surface area contributed by atoms with Crippen LogP contribution >= 0.6 is 0 Å². The lowest BCUT2D eigenvalue weighted by molar-refractivity contribution is 0.198. The second-order valence-electron chi connectivity index (χ2n) is 5.96. The second kappa shape index (κ2) is 4.52. The molecule has 4 nitrogen and oxygen atoms in total. The molecule has 1 aliphatic carbocycles. The van der Waals surface area contributed by atoms with Gasteiger partial charge in [-0.05, 0) is 30.6 Å². The SMILES string of the molecule is CCC(NS(=O)(=O)C1CCOC1)C1CC1(C)C. The molecule has 3 atom stereocenters. The fourth-order valence-corrected chi connectivity index (χ4v) is 4.34. The van der Waals surface area contributed by atoms with Crippen molar-refractivity contribution in [2.45, 2.75) is 51.3 Å². The predicted octanol–water partition coefficient (Wildman–Crippen LogP) is 1.52. The highest BCUT2D eigenvalue weighted by Crippen LogP contribution is 2.54. The standard InChI is InChI=1S/C12H23NO3S/c1-4-11(10-7-12(10,2)3)13-17(14,15)9-5-6-16-8-9/h9-11,13H,4-8H2,1-3H3. The van der Waals surface area contributed by atoms with Crippen LogP contribution in [0, 0.1) is 11.3 Å². The van der Waals surface area contributed by atoms with E-state index in [1.807, 2.05) is 6.92 Å². The first-order valence-electron chi connectivity index (χ1n) is 6.45. The summed E-state index contributed by atoms with van der Waals surface area (Å²) in [5.41, 5.74) is 0.301. The van der Waals surface area contributed by atoms with Crippen LogP contribution in [0.25, 0.3) is 0 Å². The average molecular weight is 261 g/mol. The Morgan fingerprint density at radius 2 is 2.12 bits per heavy atom. The summed E-state index contributed by atoms with van der Waals surface area (Å²) < 4.78 is 32.4. The van der Waals surface area contributed by atoms with Crippen LogP contribution in [0.5, 0.6) is 0 Å². The van der Waals surface area contributed by atoms with Gasteiger partial charge in [-0.1, -0.05) is 20.8 Å². The Kier molecular flexibility index (Phi) is 3.54. The summed E-state index contributed by atoms with van der Waals surface area (Å²) in [5, 5.41) is -0.349. The van der Waals surface area contributed by atoms with Crippen molar-refractivity contribution in [2.24, 2.45) is 11.3 Å². The molecule has 1 saturated heterocycles. The molecular weight excluding hydrogens is 238 g/mol. The molecule has 0 aromatic carbocycles. The number of rotatable bonds is 5. The van der Waals surface area contributed by atoms with Gasteiger partial charge in [0.25, 0.3) is 0 Å². The molecule has 1 heterocycles. The first-order valence-corrected chi connectivity index (χ1v) is 8.00. The molecule has 0 radical (unpaired) electrons. The van der Waals surface area contributed by atoms with Crippen LogP contribution in [-0.4, -0.2) is 32.9 Å². The zero-order chi connectivity index (χ0) is 12.7. The maximum absolute atomic E-state index is 12.2. The van der Waals surface area contributed by atoms with Crippen LogP contribution in [-0.2, 0) is 14.8 Å². The van der Waals surface area contributed by atoms with Crippen molar-refractivity contribution in [1.29, 1.82) is 0 Å². The van der Waals surface area contributed by atoms with Crippen molar-refractivity contribution in [3.05, 3.63) is 0 Å². The summed E-state index contributed by atoms with van der Waals surface area (Å²) in [6.07, 6.45) is 2.61. The molecule has 2 aliphatic rings. The first kappa shape index (κ1) is 13.3.